The van der Waals surface area contributed by atoms with Crippen LogP contribution >= 0.6 is 0 Å². The molecule has 2 saturated heterocycles. The molecular weight excluding hydrogens is 252 g/mol. The normalized spacial score (nSPS) is 20.8. The standard InChI is InChI=1S/C15H24N4O/c16-13-5-6-14(18-9-11-20-12-10-18)17-15(13)19-7-3-1-2-4-8-19/h5-6H,1-4,7-12,16H2. The van der Waals surface area contributed by atoms with Crippen LogP contribution in [0.3, 0.4) is 0 Å². The molecule has 0 spiro atoms. The molecule has 2 aliphatic heterocycles. The van der Waals surface area contributed by atoms with Crippen LogP contribution in [-0.4, -0.2) is 44.4 Å². The van der Waals surface area contributed by atoms with Crippen molar-refractivity contribution in [2.45, 2.75) is 25.7 Å². The van der Waals surface area contributed by atoms with Crippen molar-refractivity contribution in [3.05, 3.63) is 12.1 Å². The minimum atomic E-state index is 0.783. The predicted molar refractivity (Wildman–Crippen MR) is 82.4 cm³/mol. The molecular formula is C15H24N4O. The third kappa shape index (κ3) is 2.98. The summed E-state index contributed by atoms with van der Waals surface area (Å²) < 4.78 is 5.40. The minimum Gasteiger partial charge on any atom is -0.396 e. The van der Waals surface area contributed by atoms with Gasteiger partial charge in [-0.15, -0.1) is 0 Å². The fourth-order valence-corrected chi connectivity index (χ4v) is 2.95. The Labute approximate surface area is 120 Å². The summed E-state index contributed by atoms with van der Waals surface area (Å²) in [7, 11) is 0. The molecule has 0 saturated carbocycles. The van der Waals surface area contributed by atoms with E-state index in [-0.39, 0.29) is 0 Å². The zero-order chi connectivity index (χ0) is 13.8. The SMILES string of the molecule is Nc1ccc(N2CCOCC2)nc1N1CCCCCC1. The van der Waals surface area contributed by atoms with Crippen molar-refractivity contribution >= 4 is 17.3 Å². The quantitative estimate of drug-likeness (QED) is 0.894. The van der Waals surface area contributed by atoms with Crippen LogP contribution < -0.4 is 15.5 Å². The van der Waals surface area contributed by atoms with Crippen molar-refractivity contribution < 1.29 is 4.74 Å². The Morgan fingerprint density at radius 2 is 1.60 bits per heavy atom. The van der Waals surface area contributed by atoms with E-state index in [0.717, 1.165) is 56.7 Å². The lowest BCUT2D eigenvalue weighted by Crippen LogP contribution is -2.37. The predicted octanol–water partition coefficient (Wildman–Crippen LogP) is 1.88. The van der Waals surface area contributed by atoms with E-state index in [2.05, 4.69) is 9.80 Å². The van der Waals surface area contributed by atoms with Crippen LogP contribution in [-0.2, 0) is 4.74 Å². The van der Waals surface area contributed by atoms with Gasteiger partial charge in [0.1, 0.15) is 5.82 Å². The second kappa shape index (κ2) is 6.31. The molecule has 2 aliphatic rings. The van der Waals surface area contributed by atoms with Gasteiger partial charge in [0.2, 0.25) is 0 Å². The Bertz CT molecular complexity index is 437. The maximum Gasteiger partial charge on any atom is 0.154 e. The third-order valence-electron chi connectivity index (χ3n) is 4.13. The first-order chi connectivity index (χ1) is 9.84. The van der Waals surface area contributed by atoms with Crippen LogP contribution in [0.4, 0.5) is 17.3 Å². The summed E-state index contributed by atoms with van der Waals surface area (Å²) in [4.78, 5) is 9.47. The highest BCUT2D eigenvalue weighted by molar-refractivity contribution is 5.66. The van der Waals surface area contributed by atoms with Crippen LogP contribution in [0.1, 0.15) is 25.7 Å². The van der Waals surface area contributed by atoms with Crippen molar-refractivity contribution in [1.82, 2.24) is 4.98 Å². The molecule has 0 aromatic carbocycles. The number of nitrogens with zero attached hydrogens (tertiary/aromatic N) is 3. The summed E-state index contributed by atoms with van der Waals surface area (Å²) in [6, 6.07) is 4.03. The number of ether oxygens (including phenoxy) is 1. The molecule has 2 fully saturated rings. The Balaban J connectivity index is 1.81. The molecule has 1 aromatic rings. The molecule has 5 nitrogen and oxygen atoms in total. The molecule has 0 aliphatic carbocycles. The number of anilines is 3. The molecule has 5 heteroatoms. The number of hydrogen-bond donors (Lipinski definition) is 1. The highest BCUT2D eigenvalue weighted by Crippen LogP contribution is 2.27. The first-order valence-electron chi connectivity index (χ1n) is 7.69. The van der Waals surface area contributed by atoms with Gasteiger partial charge in [0, 0.05) is 26.2 Å². The number of hydrogen-bond acceptors (Lipinski definition) is 5. The van der Waals surface area contributed by atoms with Crippen LogP contribution in [0.15, 0.2) is 12.1 Å². The third-order valence-corrected chi connectivity index (χ3v) is 4.13. The zero-order valence-corrected chi connectivity index (χ0v) is 12.1. The fraction of sp³-hybridized carbons (Fsp3) is 0.667. The van der Waals surface area contributed by atoms with Gasteiger partial charge in [-0.1, -0.05) is 12.8 Å². The smallest absolute Gasteiger partial charge is 0.154 e. The molecule has 0 bridgehead atoms. The molecule has 3 rings (SSSR count). The first-order valence-corrected chi connectivity index (χ1v) is 7.69. The Morgan fingerprint density at radius 1 is 0.900 bits per heavy atom. The van der Waals surface area contributed by atoms with E-state index in [0.29, 0.717) is 0 Å². The fourth-order valence-electron chi connectivity index (χ4n) is 2.95. The van der Waals surface area contributed by atoms with Gasteiger partial charge in [-0.25, -0.2) is 4.98 Å². The van der Waals surface area contributed by atoms with E-state index >= 15 is 0 Å². The molecule has 0 atom stereocenters. The molecule has 1 aromatic heterocycles. The lowest BCUT2D eigenvalue weighted by Gasteiger charge is -2.30. The molecule has 2 N–H and O–H groups in total. The van der Waals surface area contributed by atoms with Crippen LogP contribution in [0, 0.1) is 0 Å². The van der Waals surface area contributed by atoms with E-state index in [1.165, 1.54) is 25.7 Å². The van der Waals surface area contributed by atoms with Gasteiger partial charge in [-0.2, -0.15) is 0 Å². The average Bonchev–Trinajstić information content (AvgIpc) is 2.78. The Hall–Kier alpha value is -1.49. The van der Waals surface area contributed by atoms with Gasteiger partial charge in [-0.3, -0.25) is 0 Å². The summed E-state index contributed by atoms with van der Waals surface area (Å²) in [5, 5.41) is 0. The largest absolute Gasteiger partial charge is 0.396 e. The average molecular weight is 276 g/mol. The number of nitrogen functional groups attached to an aromatic ring is 1. The highest BCUT2D eigenvalue weighted by atomic mass is 16.5. The summed E-state index contributed by atoms with van der Waals surface area (Å²) in [6.07, 6.45) is 5.12. The van der Waals surface area contributed by atoms with Crippen LogP contribution in [0.5, 0.6) is 0 Å². The van der Waals surface area contributed by atoms with E-state index in [4.69, 9.17) is 15.5 Å². The molecule has 20 heavy (non-hydrogen) atoms. The molecule has 0 radical (unpaired) electrons. The van der Waals surface area contributed by atoms with Crippen molar-refractivity contribution in [2.24, 2.45) is 0 Å². The lowest BCUT2D eigenvalue weighted by molar-refractivity contribution is 0.122. The number of aromatic nitrogens is 1. The molecule has 0 unspecified atom stereocenters. The summed E-state index contributed by atoms with van der Waals surface area (Å²) in [5.41, 5.74) is 6.95. The zero-order valence-electron chi connectivity index (χ0n) is 12.1. The van der Waals surface area contributed by atoms with E-state index in [1.807, 2.05) is 12.1 Å². The van der Waals surface area contributed by atoms with Gasteiger partial charge >= 0.3 is 0 Å². The topological polar surface area (TPSA) is 54.6 Å². The van der Waals surface area contributed by atoms with Crippen molar-refractivity contribution in [1.29, 1.82) is 0 Å². The van der Waals surface area contributed by atoms with E-state index < -0.39 is 0 Å². The molecule has 0 amide bonds. The van der Waals surface area contributed by atoms with Crippen molar-refractivity contribution in [2.75, 3.05) is 54.9 Å². The number of rotatable bonds is 2. The van der Waals surface area contributed by atoms with Gasteiger partial charge in [0.05, 0.1) is 18.9 Å². The van der Waals surface area contributed by atoms with Gasteiger partial charge in [0.15, 0.2) is 5.82 Å². The molecule has 110 valence electrons. The molecule has 3 heterocycles. The van der Waals surface area contributed by atoms with E-state index in [9.17, 15) is 0 Å². The first kappa shape index (κ1) is 13.5. The van der Waals surface area contributed by atoms with Gasteiger partial charge < -0.3 is 20.3 Å². The van der Waals surface area contributed by atoms with Crippen molar-refractivity contribution in [3.63, 3.8) is 0 Å². The Morgan fingerprint density at radius 3 is 2.30 bits per heavy atom. The number of pyridine rings is 1. The second-order valence-electron chi connectivity index (χ2n) is 5.58. The maximum absolute atomic E-state index is 6.15. The lowest BCUT2D eigenvalue weighted by atomic mass is 10.2. The van der Waals surface area contributed by atoms with Crippen molar-refractivity contribution in [3.8, 4) is 0 Å². The summed E-state index contributed by atoms with van der Waals surface area (Å²) in [6.45, 7) is 5.54. The number of nitrogens with two attached hydrogens (primary N) is 1. The number of morpholine rings is 1. The van der Waals surface area contributed by atoms with Crippen LogP contribution in [0.2, 0.25) is 0 Å². The summed E-state index contributed by atoms with van der Waals surface area (Å²) in [5.74, 6) is 2.00. The maximum atomic E-state index is 6.15. The Kier molecular flexibility index (Phi) is 4.25. The summed E-state index contributed by atoms with van der Waals surface area (Å²) >= 11 is 0. The van der Waals surface area contributed by atoms with Gasteiger partial charge in [-0.05, 0) is 25.0 Å². The monoisotopic (exact) mass is 276 g/mol. The van der Waals surface area contributed by atoms with E-state index in [1.54, 1.807) is 0 Å². The highest BCUT2D eigenvalue weighted by Gasteiger charge is 2.18. The minimum absolute atomic E-state index is 0.783. The second-order valence-corrected chi connectivity index (χ2v) is 5.58. The van der Waals surface area contributed by atoms with Crippen LogP contribution in [0.25, 0.3) is 0 Å². The van der Waals surface area contributed by atoms with Gasteiger partial charge in [0.25, 0.3) is 0 Å².